The van der Waals surface area contributed by atoms with Gasteiger partial charge in [-0.25, -0.2) is 0 Å². The largest absolute Gasteiger partial charge is 0.494 e. The Labute approximate surface area is 199 Å². The molecule has 4 rings (SSSR count). The molecule has 2 saturated heterocycles. The van der Waals surface area contributed by atoms with Crippen molar-refractivity contribution in [2.24, 2.45) is 0 Å². The van der Waals surface area contributed by atoms with Crippen LogP contribution in [0.4, 0.5) is 11.4 Å². The van der Waals surface area contributed by atoms with Crippen LogP contribution in [0.15, 0.2) is 42.5 Å². The average Bonchev–Trinajstić information content (AvgIpc) is 2.87. The van der Waals surface area contributed by atoms with Crippen molar-refractivity contribution in [3.63, 3.8) is 0 Å². The van der Waals surface area contributed by atoms with Crippen molar-refractivity contribution in [1.29, 1.82) is 0 Å². The smallest absolute Gasteiger partial charge is 0.255 e. The van der Waals surface area contributed by atoms with Crippen LogP contribution in [0.2, 0.25) is 0 Å². The van der Waals surface area contributed by atoms with E-state index in [-0.39, 0.29) is 18.4 Å². The van der Waals surface area contributed by atoms with Gasteiger partial charge in [0.15, 0.2) is 5.79 Å². The van der Waals surface area contributed by atoms with Crippen molar-refractivity contribution in [1.82, 2.24) is 4.90 Å². The second-order valence-electron chi connectivity index (χ2n) is 8.36. The van der Waals surface area contributed by atoms with Gasteiger partial charge in [-0.05, 0) is 18.6 Å². The molecule has 0 radical (unpaired) electrons. The zero-order valence-corrected chi connectivity index (χ0v) is 19.6. The molecule has 2 heterocycles. The van der Waals surface area contributed by atoms with Crippen molar-refractivity contribution in [2.45, 2.75) is 25.0 Å². The Kier molecular flexibility index (Phi) is 7.66. The summed E-state index contributed by atoms with van der Waals surface area (Å²) >= 11 is 0. The summed E-state index contributed by atoms with van der Waals surface area (Å²) in [5.74, 6) is -0.0950. The molecule has 0 unspecified atom stereocenters. The third kappa shape index (κ3) is 5.67. The summed E-state index contributed by atoms with van der Waals surface area (Å²) in [5.41, 5.74) is 1.43. The molecule has 0 atom stereocenters. The maximum absolute atomic E-state index is 12.8. The first-order valence-electron chi connectivity index (χ1n) is 11.4. The second kappa shape index (κ2) is 10.9. The van der Waals surface area contributed by atoms with E-state index in [1.165, 1.54) is 14.2 Å². The highest BCUT2D eigenvalue weighted by Crippen LogP contribution is 2.37. The first-order chi connectivity index (χ1) is 16.5. The van der Waals surface area contributed by atoms with Crippen LogP contribution in [0.3, 0.4) is 0 Å². The van der Waals surface area contributed by atoms with Crippen LogP contribution in [0, 0.1) is 0 Å². The molecule has 9 heteroatoms. The zero-order chi connectivity index (χ0) is 24.0. The number of nitrogens with zero attached hydrogens (tertiary/aromatic N) is 1. The molecular formula is C25H31N3O6. The Morgan fingerprint density at radius 3 is 2.12 bits per heavy atom. The fraction of sp³-hybridized carbons (Fsp3) is 0.440. The van der Waals surface area contributed by atoms with Gasteiger partial charge in [-0.3, -0.25) is 14.5 Å². The molecule has 0 saturated carbocycles. The van der Waals surface area contributed by atoms with E-state index in [9.17, 15) is 9.59 Å². The topological polar surface area (TPSA) is 98.4 Å². The highest BCUT2D eigenvalue weighted by molar-refractivity contribution is 6.05. The van der Waals surface area contributed by atoms with E-state index in [1.54, 1.807) is 36.4 Å². The Hall–Kier alpha value is -3.14. The summed E-state index contributed by atoms with van der Waals surface area (Å²) in [5, 5.41) is 5.74. The van der Waals surface area contributed by atoms with Gasteiger partial charge < -0.3 is 29.6 Å². The summed E-state index contributed by atoms with van der Waals surface area (Å²) in [6.45, 7) is 3.14. The van der Waals surface area contributed by atoms with Crippen LogP contribution < -0.4 is 20.1 Å². The molecule has 0 bridgehead atoms. The quantitative estimate of drug-likeness (QED) is 0.643. The lowest BCUT2D eigenvalue weighted by atomic mass is 10.0. The van der Waals surface area contributed by atoms with Gasteiger partial charge in [-0.2, -0.15) is 0 Å². The van der Waals surface area contributed by atoms with Gasteiger partial charge >= 0.3 is 0 Å². The number of amides is 2. The van der Waals surface area contributed by atoms with Crippen LogP contribution in [0.25, 0.3) is 0 Å². The number of methoxy groups -OCH3 is 2. The minimum Gasteiger partial charge on any atom is -0.494 e. The van der Waals surface area contributed by atoms with Crippen LogP contribution in [-0.2, 0) is 14.3 Å². The van der Waals surface area contributed by atoms with E-state index >= 15 is 0 Å². The fourth-order valence-corrected chi connectivity index (χ4v) is 4.23. The number of ether oxygens (including phenoxy) is 4. The van der Waals surface area contributed by atoms with Crippen LogP contribution in [0.5, 0.6) is 11.5 Å². The molecule has 0 aliphatic carbocycles. The molecule has 2 aromatic carbocycles. The van der Waals surface area contributed by atoms with Crippen molar-refractivity contribution < 1.29 is 28.5 Å². The number of nitrogens with one attached hydrogen (secondary N) is 2. The third-order valence-corrected chi connectivity index (χ3v) is 6.08. The van der Waals surface area contributed by atoms with E-state index in [4.69, 9.17) is 18.9 Å². The van der Waals surface area contributed by atoms with Crippen LogP contribution >= 0.6 is 0 Å². The SMILES string of the molecule is COc1cc(NC(=O)c2ccccc2)c(OC)cc1NC(=O)CN1CCC2(CC1)OCCCO2. The lowest BCUT2D eigenvalue weighted by molar-refractivity contribution is -0.283. The average molecular weight is 470 g/mol. The fourth-order valence-electron chi connectivity index (χ4n) is 4.23. The van der Waals surface area contributed by atoms with E-state index in [2.05, 4.69) is 15.5 Å². The van der Waals surface area contributed by atoms with Gasteiger partial charge in [0.2, 0.25) is 5.91 Å². The normalized spacial score (nSPS) is 17.7. The number of hydrogen-bond donors (Lipinski definition) is 2. The zero-order valence-electron chi connectivity index (χ0n) is 19.6. The molecule has 2 aromatic rings. The molecule has 182 valence electrons. The Morgan fingerprint density at radius 1 is 0.941 bits per heavy atom. The molecule has 34 heavy (non-hydrogen) atoms. The van der Waals surface area contributed by atoms with E-state index in [0.29, 0.717) is 28.4 Å². The Balaban J connectivity index is 1.39. The molecule has 2 N–H and O–H groups in total. The molecular weight excluding hydrogens is 438 g/mol. The standard InChI is InChI=1S/C25H31N3O6/c1-31-21-16-20(27-24(30)18-7-4-3-5-8-18)22(32-2)15-19(21)26-23(29)17-28-11-9-25(10-12-28)33-13-6-14-34-25/h3-5,7-8,15-16H,6,9-14,17H2,1-2H3,(H,26,29)(H,27,30). The van der Waals surface area contributed by atoms with Crippen molar-refractivity contribution in [3.8, 4) is 11.5 Å². The van der Waals surface area contributed by atoms with Crippen molar-refractivity contribution in [2.75, 3.05) is 57.7 Å². The summed E-state index contributed by atoms with van der Waals surface area (Å²) in [4.78, 5) is 27.4. The van der Waals surface area contributed by atoms with Crippen LogP contribution in [-0.4, -0.2) is 69.6 Å². The van der Waals surface area contributed by atoms with Gasteiger partial charge in [0.05, 0.1) is 45.4 Å². The second-order valence-corrected chi connectivity index (χ2v) is 8.36. The van der Waals surface area contributed by atoms with Crippen LogP contribution in [0.1, 0.15) is 29.6 Å². The molecule has 2 aliphatic rings. The van der Waals surface area contributed by atoms with Crippen molar-refractivity contribution in [3.05, 3.63) is 48.0 Å². The summed E-state index contributed by atoms with van der Waals surface area (Å²) < 4.78 is 22.7. The summed E-state index contributed by atoms with van der Waals surface area (Å²) in [7, 11) is 3.01. The molecule has 9 nitrogen and oxygen atoms in total. The molecule has 1 spiro atoms. The van der Waals surface area contributed by atoms with Gasteiger partial charge in [-0.1, -0.05) is 18.2 Å². The Bertz CT molecular complexity index is 997. The van der Waals surface area contributed by atoms with E-state index < -0.39 is 5.79 Å². The first kappa shape index (κ1) is 24.0. The number of carbonyl (C=O) groups excluding carboxylic acids is 2. The number of rotatable bonds is 7. The van der Waals surface area contributed by atoms with E-state index in [0.717, 1.165) is 45.6 Å². The molecule has 2 aliphatic heterocycles. The minimum atomic E-state index is -0.484. The number of benzene rings is 2. The predicted molar refractivity (Wildman–Crippen MR) is 127 cm³/mol. The van der Waals surface area contributed by atoms with Gasteiger partial charge in [0.25, 0.3) is 5.91 Å². The van der Waals surface area contributed by atoms with Gasteiger partial charge in [0.1, 0.15) is 11.5 Å². The summed E-state index contributed by atoms with van der Waals surface area (Å²) in [6, 6.07) is 12.2. The minimum absolute atomic E-state index is 0.164. The first-order valence-corrected chi connectivity index (χ1v) is 11.4. The number of hydrogen-bond acceptors (Lipinski definition) is 7. The summed E-state index contributed by atoms with van der Waals surface area (Å²) in [6.07, 6.45) is 2.41. The highest BCUT2D eigenvalue weighted by atomic mass is 16.7. The van der Waals surface area contributed by atoms with Gasteiger partial charge in [-0.15, -0.1) is 0 Å². The molecule has 0 aromatic heterocycles. The van der Waals surface area contributed by atoms with E-state index in [1.807, 2.05) is 6.07 Å². The highest BCUT2D eigenvalue weighted by Gasteiger charge is 2.38. The lowest BCUT2D eigenvalue weighted by Gasteiger charge is -2.43. The number of likely N-dealkylation sites (tertiary alicyclic amines) is 1. The van der Waals surface area contributed by atoms with Crippen molar-refractivity contribution >= 4 is 23.2 Å². The monoisotopic (exact) mass is 469 g/mol. The number of anilines is 2. The molecule has 2 amide bonds. The number of piperidine rings is 1. The maximum Gasteiger partial charge on any atom is 0.255 e. The van der Waals surface area contributed by atoms with Gasteiger partial charge in [0, 0.05) is 43.6 Å². The maximum atomic E-state index is 12.8. The lowest BCUT2D eigenvalue weighted by Crippen LogP contribution is -2.51. The predicted octanol–water partition coefficient (Wildman–Crippen LogP) is 3.12. The Morgan fingerprint density at radius 2 is 1.53 bits per heavy atom. The molecule has 2 fully saturated rings. The number of carbonyl (C=O) groups is 2. The third-order valence-electron chi connectivity index (χ3n) is 6.08.